The van der Waals surface area contributed by atoms with E-state index in [9.17, 15) is 4.79 Å². The number of carbonyl (C=O) groups excluding carboxylic acids is 1. The molecule has 0 fully saturated rings. The molecular formula is C9H19NO. The monoisotopic (exact) mass is 157 g/mol. The molecule has 66 valence electrons. The second kappa shape index (κ2) is 7.73. The Balaban J connectivity index is 3.27. The minimum atomic E-state index is 0.430. The third-order valence-electron chi connectivity index (χ3n) is 1.98. The van der Waals surface area contributed by atoms with Crippen LogP contribution in [-0.4, -0.2) is 12.8 Å². The summed E-state index contributed by atoms with van der Waals surface area (Å²) in [6.45, 7) is 2.83. The van der Waals surface area contributed by atoms with E-state index in [-0.39, 0.29) is 0 Å². The zero-order valence-corrected chi connectivity index (χ0v) is 7.38. The molecule has 2 heteroatoms. The van der Waals surface area contributed by atoms with Gasteiger partial charge in [0, 0.05) is 6.42 Å². The average molecular weight is 157 g/mol. The van der Waals surface area contributed by atoms with Crippen molar-refractivity contribution in [2.75, 3.05) is 6.54 Å². The number of carbonyl (C=O) groups is 1. The molecule has 0 radical (unpaired) electrons. The van der Waals surface area contributed by atoms with Crippen LogP contribution in [0.3, 0.4) is 0 Å². The lowest BCUT2D eigenvalue weighted by Gasteiger charge is -2.09. The van der Waals surface area contributed by atoms with Crippen LogP contribution in [0.2, 0.25) is 0 Å². The first-order valence-corrected chi connectivity index (χ1v) is 4.48. The first kappa shape index (κ1) is 10.6. The lowest BCUT2D eigenvalue weighted by Crippen LogP contribution is -2.14. The highest BCUT2D eigenvalue weighted by molar-refractivity contribution is 5.49. The van der Waals surface area contributed by atoms with Gasteiger partial charge in [-0.1, -0.05) is 26.2 Å². The summed E-state index contributed by atoms with van der Waals surface area (Å²) in [5.74, 6) is 0.430. The summed E-state index contributed by atoms with van der Waals surface area (Å²) in [7, 11) is 0. The molecule has 0 rings (SSSR count). The van der Waals surface area contributed by atoms with E-state index >= 15 is 0 Å². The van der Waals surface area contributed by atoms with Gasteiger partial charge in [0.1, 0.15) is 6.29 Å². The first-order valence-electron chi connectivity index (χ1n) is 4.48. The van der Waals surface area contributed by atoms with Gasteiger partial charge >= 0.3 is 0 Å². The molecule has 1 unspecified atom stereocenters. The fraction of sp³-hybridized carbons (Fsp3) is 0.889. The van der Waals surface area contributed by atoms with Crippen molar-refractivity contribution in [3.63, 3.8) is 0 Å². The summed E-state index contributed by atoms with van der Waals surface area (Å²) in [5.41, 5.74) is 5.48. The molecule has 2 N–H and O–H groups in total. The van der Waals surface area contributed by atoms with Gasteiger partial charge in [-0.3, -0.25) is 0 Å². The van der Waals surface area contributed by atoms with Crippen LogP contribution in [0.5, 0.6) is 0 Å². The largest absolute Gasteiger partial charge is 0.330 e. The molecule has 11 heavy (non-hydrogen) atoms. The number of rotatable bonds is 7. The van der Waals surface area contributed by atoms with Crippen molar-refractivity contribution in [3.05, 3.63) is 0 Å². The van der Waals surface area contributed by atoms with Crippen molar-refractivity contribution < 1.29 is 4.79 Å². The molecule has 0 aliphatic rings. The molecule has 2 nitrogen and oxygen atoms in total. The number of hydrogen-bond donors (Lipinski definition) is 1. The first-order chi connectivity index (χ1) is 5.35. The van der Waals surface area contributed by atoms with Gasteiger partial charge in [-0.2, -0.15) is 0 Å². The van der Waals surface area contributed by atoms with Crippen LogP contribution in [-0.2, 0) is 4.79 Å². The van der Waals surface area contributed by atoms with E-state index in [1.54, 1.807) is 0 Å². The van der Waals surface area contributed by atoms with Crippen LogP contribution >= 0.6 is 0 Å². The smallest absolute Gasteiger partial charge is 0.120 e. The fourth-order valence-corrected chi connectivity index (χ4v) is 1.15. The fourth-order valence-electron chi connectivity index (χ4n) is 1.15. The second-order valence-corrected chi connectivity index (χ2v) is 3.00. The maximum atomic E-state index is 10.2. The Labute approximate surface area is 69.2 Å². The molecule has 0 heterocycles. The van der Waals surface area contributed by atoms with Crippen LogP contribution in [0.15, 0.2) is 0 Å². The summed E-state index contributed by atoms with van der Waals surface area (Å²) in [5, 5.41) is 0. The van der Waals surface area contributed by atoms with Crippen molar-refractivity contribution in [2.24, 2.45) is 11.7 Å². The van der Waals surface area contributed by atoms with E-state index < -0.39 is 0 Å². The van der Waals surface area contributed by atoms with E-state index in [1.807, 2.05) is 0 Å². The summed E-state index contributed by atoms with van der Waals surface area (Å²) in [4.78, 5) is 10.2. The summed E-state index contributed by atoms with van der Waals surface area (Å²) < 4.78 is 0. The van der Waals surface area contributed by atoms with E-state index in [1.165, 1.54) is 19.3 Å². The molecule has 0 aromatic rings. The highest BCUT2D eigenvalue weighted by Crippen LogP contribution is 2.10. The van der Waals surface area contributed by atoms with Gasteiger partial charge < -0.3 is 10.5 Å². The third-order valence-corrected chi connectivity index (χ3v) is 1.98. The van der Waals surface area contributed by atoms with E-state index in [0.717, 1.165) is 12.7 Å². The Bertz CT molecular complexity index is 93.6. The molecule has 0 aliphatic heterocycles. The number of nitrogens with two attached hydrogens (primary N) is 1. The van der Waals surface area contributed by atoms with E-state index in [4.69, 9.17) is 5.73 Å². The van der Waals surface area contributed by atoms with Gasteiger partial charge in [0.05, 0.1) is 0 Å². The Hall–Kier alpha value is -0.370. The number of unbranched alkanes of at least 4 members (excludes halogenated alkanes) is 2. The molecule has 0 aliphatic carbocycles. The number of hydrogen-bond acceptors (Lipinski definition) is 2. The zero-order chi connectivity index (χ0) is 8.53. The standard InChI is InChI=1S/C9H19NO/c1-2-3-4-5-9(8-10)6-7-11/h7,9H,2-6,8,10H2,1H3. The van der Waals surface area contributed by atoms with Crippen LogP contribution in [0.4, 0.5) is 0 Å². The van der Waals surface area contributed by atoms with Crippen LogP contribution in [0.25, 0.3) is 0 Å². The van der Waals surface area contributed by atoms with Crippen molar-refractivity contribution in [2.45, 2.75) is 39.0 Å². The van der Waals surface area contributed by atoms with Gasteiger partial charge in [0.15, 0.2) is 0 Å². The molecule has 0 spiro atoms. The maximum absolute atomic E-state index is 10.2. The molecular weight excluding hydrogens is 138 g/mol. The predicted molar refractivity (Wildman–Crippen MR) is 47.4 cm³/mol. The molecule has 1 atom stereocenters. The SMILES string of the molecule is CCCCCC(CN)CC=O. The normalized spacial score (nSPS) is 12.9. The van der Waals surface area contributed by atoms with Gasteiger partial charge in [-0.05, 0) is 18.9 Å². The Morgan fingerprint density at radius 2 is 2.18 bits per heavy atom. The van der Waals surface area contributed by atoms with Gasteiger partial charge in [-0.25, -0.2) is 0 Å². The molecule has 0 bridgehead atoms. The minimum absolute atomic E-state index is 0.430. The van der Waals surface area contributed by atoms with Crippen molar-refractivity contribution in [1.29, 1.82) is 0 Å². The topological polar surface area (TPSA) is 43.1 Å². The summed E-state index contributed by atoms with van der Waals surface area (Å²) in [6, 6.07) is 0. The minimum Gasteiger partial charge on any atom is -0.330 e. The Kier molecular flexibility index (Phi) is 7.47. The van der Waals surface area contributed by atoms with Crippen LogP contribution < -0.4 is 5.73 Å². The zero-order valence-electron chi connectivity index (χ0n) is 7.38. The maximum Gasteiger partial charge on any atom is 0.120 e. The van der Waals surface area contributed by atoms with Crippen molar-refractivity contribution in [1.82, 2.24) is 0 Å². The molecule has 0 saturated heterocycles. The van der Waals surface area contributed by atoms with E-state index in [2.05, 4.69) is 6.92 Å². The lowest BCUT2D eigenvalue weighted by atomic mass is 9.99. The Morgan fingerprint density at radius 1 is 1.45 bits per heavy atom. The van der Waals surface area contributed by atoms with Gasteiger partial charge in [-0.15, -0.1) is 0 Å². The van der Waals surface area contributed by atoms with Crippen molar-refractivity contribution >= 4 is 6.29 Å². The van der Waals surface area contributed by atoms with Crippen LogP contribution in [0, 0.1) is 5.92 Å². The quantitative estimate of drug-likeness (QED) is 0.452. The third kappa shape index (κ3) is 6.05. The molecule has 0 aromatic heterocycles. The number of aldehydes is 1. The van der Waals surface area contributed by atoms with E-state index in [0.29, 0.717) is 18.9 Å². The second-order valence-electron chi connectivity index (χ2n) is 3.00. The highest BCUT2D eigenvalue weighted by atomic mass is 16.1. The molecule has 0 saturated carbocycles. The van der Waals surface area contributed by atoms with Crippen LogP contribution in [0.1, 0.15) is 39.0 Å². The summed E-state index contributed by atoms with van der Waals surface area (Å²) >= 11 is 0. The molecule has 0 aromatic carbocycles. The van der Waals surface area contributed by atoms with Gasteiger partial charge in [0.2, 0.25) is 0 Å². The summed E-state index contributed by atoms with van der Waals surface area (Å²) in [6.07, 6.45) is 6.44. The molecule has 0 amide bonds. The Morgan fingerprint density at radius 3 is 2.64 bits per heavy atom. The lowest BCUT2D eigenvalue weighted by molar-refractivity contribution is -0.108. The van der Waals surface area contributed by atoms with Gasteiger partial charge in [0.25, 0.3) is 0 Å². The van der Waals surface area contributed by atoms with Crippen molar-refractivity contribution in [3.8, 4) is 0 Å². The predicted octanol–water partition coefficient (Wildman–Crippen LogP) is 1.73. The highest BCUT2D eigenvalue weighted by Gasteiger charge is 2.03. The average Bonchev–Trinajstić information content (AvgIpc) is 2.03.